The highest BCUT2D eigenvalue weighted by molar-refractivity contribution is 5.94. The molecule has 1 N–H and O–H groups in total. The Morgan fingerprint density at radius 3 is 2.78 bits per heavy atom. The summed E-state index contributed by atoms with van der Waals surface area (Å²) in [5, 5.41) is 6.84. The van der Waals surface area contributed by atoms with Crippen LogP contribution in [0.4, 0.5) is 8.78 Å². The van der Waals surface area contributed by atoms with Crippen LogP contribution in [0, 0.1) is 0 Å². The van der Waals surface area contributed by atoms with E-state index in [-0.39, 0.29) is 23.0 Å². The molecule has 0 bridgehead atoms. The lowest BCUT2D eigenvalue weighted by Gasteiger charge is -2.11. The molecule has 1 aromatic heterocycles. The van der Waals surface area contributed by atoms with E-state index < -0.39 is 6.61 Å². The van der Waals surface area contributed by atoms with Crippen molar-refractivity contribution in [2.24, 2.45) is 0 Å². The Hall–Kier alpha value is -2.64. The smallest absolute Gasteiger partial charge is 0.387 e. The Balaban J connectivity index is 2.03. The fourth-order valence-electron chi connectivity index (χ4n) is 1.96. The minimum Gasteiger partial charge on any atom is -0.493 e. The molecule has 0 aliphatic rings. The lowest BCUT2D eigenvalue weighted by molar-refractivity contribution is -0.0512. The third-order valence-corrected chi connectivity index (χ3v) is 3.11. The standard InChI is InChI=1S/C15H17F2N3O3/c1-3-20-9-10(8-19-20)7-18-14(21)11-4-5-12(23-15(16)17)13(6-11)22-2/h4-6,8-9,15H,3,7H2,1-2H3,(H,18,21). The molecule has 2 rings (SSSR count). The molecule has 0 fully saturated rings. The molecule has 1 aromatic carbocycles. The van der Waals surface area contributed by atoms with E-state index in [0.717, 1.165) is 12.1 Å². The van der Waals surface area contributed by atoms with Crippen molar-refractivity contribution >= 4 is 5.91 Å². The van der Waals surface area contributed by atoms with Gasteiger partial charge in [-0.3, -0.25) is 9.48 Å². The second-order valence-corrected chi connectivity index (χ2v) is 4.63. The molecular formula is C15H17F2N3O3. The van der Waals surface area contributed by atoms with Gasteiger partial charge in [0.2, 0.25) is 0 Å². The molecule has 1 amide bonds. The normalized spacial score (nSPS) is 10.7. The topological polar surface area (TPSA) is 65.4 Å². The number of nitrogens with one attached hydrogen (secondary N) is 1. The number of rotatable bonds is 7. The Morgan fingerprint density at radius 1 is 1.39 bits per heavy atom. The average Bonchev–Trinajstić information content (AvgIpc) is 3.00. The second kappa shape index (κ2) is 7.57. The van der Waals surface area contributed by atoms with E-state index >= 15 is 0 Å². The molecule has 0 spiro atoms. The highest BCUT2D eigenvalue weighted by atomic mass is 19.3. The molecule has 124 valence electrons. The number of nitrogens with zero attached hydrogens (tertiary/aromatic N) is 2. The number of methoxy groups -OCH3 is 1. The minimum atomic E-state index is -2.96. The molecule has 0 saturated carbocycles. The summed E-state index contributed by atoms with van der Waals surface area (Å²) in [4.78, 5) is 12.1. The van der Waals surface area contributed by atoms with Crippen LogP contribution >= 0.6 is 0 Å². The molecule has 6 nitrogen and oxygen atoms in total. The first-order chi connectivity index (χ1) is 11.0. The van der Waals surface area contributed by atoms with Crippen molar-refractivity contribution in [3.8, 4) is 11.5 Å². The summed E-state index contributed by atoms with van der Waals surface area (Å²) < 4.78 is 35.6. The Bertz CT molecular complexity index is 674. The van der Waals surface area contributed by atoms with E-state index in [1.807, 2.05) is 13.1 Å². The summed E-state index contributed by atoms with van der Waals surface area (Å²) in [6, 6.07) is 4.02. The van der Waals surface area contributed by atoms with Crippen molar-refractivity contribution < 1.29 is 23.0 Å². The number of hydrogen-bond acceptors (Lipinski definition) is 4. The highest BCUT2D eigenvalue weighted by Crippen LogP contribution is 2.29. The summed E-state index contributed by atoms with van der Waals surface area (Å²) in [6.45, 7) is 0.0661. The van der Waals surface area contributed by atoms with E-state index in [2.05, 4.69) is 15.2 Å². The maximum absolute atomic E-state index is 12.3. The van der Waals surface area contributed by atoms with Crippen LogP contribution in [0.5, 0.6) is 11.5 Å². The van der Waals surface area contributed by atoms with Crippen LogP contribution in [0.2, 0.25) is 0 Å². The van der Waals surface area contributed by atoms with E-state index in [9.17, 15) is 13.6 Å². The Kier molecular flexibility index (Phi) is 5.51. The van der Waals surface area contributed by atoms with Gasteiger partial charge in [-0.1, -0.05) is 0 Å². The zero-order valence-corrected chi connectivity index (χ0v) is 12.8. The molecule has 2 aromatic rings. The largest absolute Gasteiger partial charge is 0.493 e. The quantitative estimate of drug-likeness (QED) is 0.849. The number of carbonyl (C=O) groups is 1. The molecule has 23 heavy (non-hydrogen) atoms. The van der Waals surface area contributed by atoms with Crippen molar-refractivity contribution in [3.63, 3.8) is 0 Å². The summed E-state index contributed by atoms with van der Waals surface area (Å²) in [5.74, 6) is -0.406. The Morgan fingerprint density at radius 2 is 2.17 bits per heavy atom. The first-order valence-corrected chi connectivity index (χ1v) is 6.95. The SMILES string of the molecule is CCn1cc(CNC(=O)c2ccc(OC(F)F)c(OC)c2)cn1. The molecule has 0 atom stereocenters. The molecule has 0 unspecified atom stereocenters. The van der Waals surface area contributed by atoms with E-state index in [4.69, 9.17) is 4.74 Å². The van der Waals surface area contributed by atoms with Gasteiger partial charge >= 0.3 is 6.61 Å². The number of benzene rings is 1. The van der Waals surface area contributed by atoms with Crippen LogP contribution in [-0.2, 0) is 13.1 Å². The van der Waals surface area contributed by atoms with Crippen LogP contribution in [0.25, 0.3) is 0 Å². The van der Waals surface area contributed by atoms with Crippen molar-refractivity contribution in [2.45, 2.75) is 26.6 Å². The third-order valence-electron chi connectivity index (χ3n) is 3.11. The summed E-state index contributed by atoms with van der Waals surface area (Å²) >= 11 is 0. The molecule has 0 radical (unpaired) electrons. The van der Waals surface area contributed by atoms with Gasteiger partial charge in [-0.25, -0.2) is 0 Å². The fraction of sp³-hybridized carbons (Fsp3) is 0.333. The summed E-state index contributed by atoms with van der Waals surface area (Å²) in [6.07, 6.45) is 3.50. The van der Waals surface area contributed by atoms with E-state index in [1.54, 1.807) is 10.9 Å². The maximum atomic E-state index is 12.3. The highest BCUT2D eigenvalue weighted by Gasteiger charge is 2.14. The molecule has 0 saturated heterocycles. The predicted molar refractivity (Wildman–Crippen MR) is 78.7 cm³/mol. The number of aromatic nitrogens is 2. The predicted octanol–water partition coefficient (Wildman–Crippen LogP) is 2.44. The number of amides is 1. The van der Waals surface area contributed by atoms with Crippen molar-refractivity contribution in [3.05, 3.63) is 41.7 Å². The van der Waals surface area contributed by atoms with Gasteiger partial charge in [-0.15, -0.1) is 0 Å². The monoisotopic (exact) mass is 325 g/mol. The van der Waals surface area contributed by atoms with Gasteiger partial charge in [0.05, 0.1) is 13.3 Å². The first-order valence-electron chi connectivity index (χ1n) is 6.95. The third kappa shape index (κ3) is 4.41. The average molecular weight is 325 g/mol. The van der Waals surface area contributed by atoms with E-state index in [1.165, 1.54) is 25.3 Å². The van der Waals surface area contributed by atoms with Crippen LogP contribution in [0.15, 0.2) is 30.6 Å². The van der Waals surface area contributed by atoms with Crippen LogP contribution < -0.4 is 14.8 Å². The lowest BCUT2D eigenvalue weighted by Crippen LogP contribution is -2.22. The van der Waals surface area contributed by atoms with Gasteiger partial charge in [0.25, 0.3) is 5.91 Å². The van der Waals surface area contributed by atoms with Crippen molar-refractivity contribution in [1.29, 1.82) is 0 Å². The van der Waals surface area contributed by atoms with E-state index in [0.29, 0.717) is 6.54 Å². The van der Waals surface area contributed by atoms with Crippen molar-refractivity contribution in [1.82, 2.24) is 15.1 Å². The number of halogens is 2. The number of aryl methyl sites for hydroxylation is 1. The van der Waals surface area contributed by atoms with Gasteiger partial charge in [-0.2, -0.15) is 13.9 Å². The van der Waals surface area contributed by atoms with Gasteiger partial charge in [-0.05, 0) is 25.1 Å². The minimum absolute atomic E-state index is 0.0664. The van der Waals surface area contributed by atoms with Crippen LogP contribution in [-0.4, -0.2) is 29.4 Å². The van der Waals surface area contributed by atoms with Gasteiger partial charge in [0, 0.05) is 30.4 Å². The van der Waals surface area contributed by atoms with Crippen molar-refractivity contribution in [2.75, 3.05) is 7.11 Å². The zero-order valence-electron chi connectivity index (χ0n) is 12.8. The van der Waals surface area contributed by atoms with Crippen LogP contribution in [0.1, 0.15) is 22.8 Å². The number of hydrogen-bond donors (Lipinski definition) is 1. The maximum Gasteiger partial charge on any atom is 0.387 e. The first kappa shape index (κ1) is 16.7. The molecule has 0 aliphatic carbocycles. The second-order valence-electron chi connectivity index (χ2n) is 4.63. The summed E-state index contributed by atoms with van der Waals surface area (Å²) in [5.41, 5.74) is 1.15. The van der Waals surface area contributed by atoms with Gasteiger partial charge in [0.15, 0.2) is 11.5 Å². The van der Waals surface area contributed by atoms with Crippen LogP contribution in [0.3, 0.4) is 0 Å². The number of alkyl halides is 2. The molecule has 8 heteroatoms. The molecular weight excluding hydrogens is 308 g/mol. The number of ether oxygens (including phenoxy) is 2. The lowest BCUT2D eigenvalue weighted by atomic mass is 10.2. The molecule has 0 aliphatic heterocycles. The fourth-order valence-corrected chi connectivity index (χ4v) is 1.96. The Labute approximate surface area is 132 Å². The summed E-state index contributed by atoms with van der Waals surface area (Å²) in [7, 11) is 1.31. The number of carbonyl (C=O) groups excluding carboxylic acids is 1. The van der Waals surface area contributed by atoms with Gasteiger partial charge < -0.3 is 14.8 Å². The molecule has 1 heterocycles. The zero-order chi connectivity index (χ0) is 16.8. The van der Waals surface area contributed by atoms with Gasteiger partial charge in [0.1, 0.15) is 0 Å².